The van der Waals surface area contributed by atoms with E-state index in [1.807, 2.05) is 24.9 Å². The van der Waals surface area contributed by atoms with Gasteiger partial charge in [-0.1, -0.05) is 18.2 Å². The molecule has 4 aliphatic rings. The van der Waals surface area contributed by atoms with Crippen LogP contribution in [0.3, 0.4) is 0 Å². The van der Waals surface area contributed by atoms with Crippen LogP contribution >= 0.6 is 0 Å². The molecule has 257 valence electrons. The Morgan fingerprint density at radius 3 is 2.53 bits per heavy atom. The topological polar surface area (TPSA) is 124 Å². The summed E-state index contributed by atoms with van der Waals surface area (Å²) >= 11 is 0. The number of ether oxygens (including phenoxy) is 3. The third-order valence-electron chi connectivity index (χ3n) is 10.2. The number of amides is 1. The maximum atomic E-state index is 13.2. The van der Waals surface area contributed by atoms with Crippen LogP contribution in [-0.2, 0) is 23.8 Å². The van der Waals surface area contributed by atoms with Gasteiger partial charge in [-0.05, 0) is 68.6 Å². The monoisotopic (exact) mass is 894 g/mol. The number of piperazine rings is 1. The summed E-state index contributed by atoms with van der Waals surface area (Å²) in [5, 5.41) is 38.0. The number of benzene rings is 3. The molecule has 7 rings (SSSR count). The van der Waals surface area contributed by atoms with E-state index in [-0.39, 0.29) is 86.9 Å². The van der Waals surface area contributed by atoms with Crippen molar-refractivity contribution < 1.29 is 91.6 Å². The minimum Gasteiger partial charge on any atom is -0.507 e. The van der Waals surface area contributed by atoms with Gasteiger partial charge in [0.15, 0.2) is 23.0 Å². The minimum atomic E-state index is -4.52. The first-order chi connectivity index (χ1) is 22.8. The van der Waals surface area contributed by atoms with Crippen LogP contribution in [0.2, 0.25) is 0 Å². The maximum Gasteiger partial charge on any atom is 0.416 e. The fourth-order valence-corrected chi connectivity index (χ4v) is 8.10. The molecule has 1 fully saturated rings. The van der Waals surface area contributed by atoms with Gasteiger partial charge in [0.2, 0.25) is 12.7 Å². The first kappa shape index (κ1) is 35.8. The predicted octanol–water partition coefficient (Wildman–Crippen LogP) is 4.50. The van der Waals surface area contributed by atoms with Gasteiger partial charge in [0, 0.05) is 85.0 Å². The Balaban J connectivity index is 0.00000417. The van der Waals surface area contributed by atoms with Gasteiger partial charge >= 0.3 is 6.18 Å². The maximum absolute atomic E-state index is 13.2. The van der Waals surface area contributed by atoms with Crippen molar-refractivity contribution in [3.8, 4) is 28.7 Å². The second-order valence-corrected chi connectivity index (χ2v) is 12.8. The Kier molecular flexibility index (Phi) is 9.69. The van der Waals surface area contributed by atoms with Gasteiger partial charge in [0.05, 0.1) is 30.8 Å². The van der Waals surface area contributed by atoms with Gasteiger partial charge in [0.1, 0.15) is 12.0 Å². The van der Waals surface area contributed by atoms with Crippen molar-refractivity contribution in [3.63, 3.8) is 0 Å². The smallest absolute Gasteiger partial charge is 0.416 e. The summed E-state index contributed by atoms with van der Waals surface area (Å²) in [7, 11) is 3.40. The van der Waals surface area contributed by atoms with Crippen molar-refractivity contribution in [2.24, 2.45) is 0 Å². The van der Waals surface area contributed by atoms with Crippen LogP contribution < -0.4 is 19.5 Å². The van der Waals surface area contributed by atoms with Crippen LogP contribution in [0, 0.1) is 57.9 Å². The number of carbonyl (C=O) groups excluding carboxylic acids is 1. The molecule has 1 amide bonds. The second kappa shape index (κ2) is 13.3. The zero-order chi connectivity index (χ0) is 34.2. The molecular weight excluding hydrogens is 858 g/mol. The molecule has 4 heterocycles. The summed E-state index contributed by atoms with van der Waals surface area (Å²) < 4.78 is 56.9. The summed E-state index contributed by atoms with van der Waals surface area (Å²) in [4.78, 5) is 17.1. The first-order valence-electron chi connectivity index (χ1n) is 15.7. The van der Waals surface area contributed by atoms with E-state index in [1.54, 1.807) is 6.92 Å². The Hall–Kier alpha value is -3.02. The predicted molar refractivity (Wildman–Crippen MR) is 168 cm³/mol. The number of fused-ring (bicyclic) bond motifs is 9. The molecule has 10 nitrogen and oxygen atoms in total. The van der Waals surface area contributed by atoms with Crippen LogP contribution in [0.1, 0.15) is 56.6 Å². The number of aliphatic hydroxyl groups is 1. The SMILES string of the molecule is COc1c(C)cc2c(c1O)[C@@H]1C3Cc4c(O)c(C)c5c(c4[C@H](CNC(=O)/C=C/c4cccc(C(F)(F)F)c4)N3[C@@H](O)[C@H](C2)N1C)OCO5.[Ac]. The standard InChI is InChI=1S/C35H36F3N3O7.Ac/c1-16-10-19-12-23-34(45)41-22(28(40(23)3)26(19)30(44)31(16)46-4)13-21-27(33-32(47-15-48-33)17(2)29(21)43)24(41)14-39-25(42)9-8-18-6-5-7-20(11-18)35(36,37)38;/h5-11,22-24,28,34,43-45H,12-15H2,1-4H3,(H,39,42);/b9-8+;/t22?,23-,24-,28-,34-;/m0./s1. The molecule has 0 spiro atoms. The molecule has 1 saturated heterocycles. The van der Waals surface area contributed by atoms with E-state index in [0.29, 0.717) is 45.9 Å². The number of phenols is 2. The molecule has 4 aliphatic heterocycles. The van der Waals surface area contributed by atoms with E-state index in [0.717, 1.165) is 29.3 Å². The molecule has 3 aromatic carbocycles. The zero-order valence-corrected chi connectivity index (χ0v) is 32.1. The van der Waals surface area contributed by atoms with E-state index in [4.69, 9.17) is 14.2 Å². The Morgan fingerprint density at radius 1 is 1.08 bits per heavy atom. The van der Waals surface area contributed by atoms with Crippen molar-refractivity contribution in [1.82, 2.24) is 15.1 Å². The van der Waals surface area contributed by atoms with Crippen LogP contribution in [-0.4, -0.2) is 76.8 Å². The summed E-state index contributed by atoms with van der Waals surface area (Å²) in [6.45, 7) is 3.49. The molecule has 2 bridgehead atoms. The third kappa shape index (κ3) is 5.87. The molecule has 0 saturated carbocycles. The molecule has 1 radical (unpaired) electrons. The third-order valence-corrected chi connectivity index (χ3v) is 10.2. The van der Waals surface area contributed by atoms with Gasteiger partial charge < -0.3 is 34.8 Å². The van der Waals surface area contributed by atoms with Gasteiger partial charge in [-0.15, -0.1) is 0 Å². The zero-order valence-electron chi connectivity index (χ0n) is 27.3. The number of hydrogen-bond acceptors (Lipinski definition) is 9. The molecule has 4 N–H and O–H groups in total. The number of nitrogens with zero attached hydrogens (tertiary/aromatic N) is 2. The van der Waals surface area contributed by atoms with Crippen LogP contribution in [0.25, 0.3) is 6.08 Å². The van der Waals surface area contributed by atoms with E-state index in [9.17, 15) is 33.3 Å². The number of aliphatic hydroxyl groups excluding tert-OH is 1. The molecule has 3 aromatic rings. The number of methoxy groups -OCH3 is 1. The summed E-state index contributed by atoms with van der Waals surface area (Å²) in [6, 6.07) is 4.65. The number of alkyl halides is 3. The summed E-state index contributed by atoms with van der Waals surface area (Å²) in [5.74, 6) is 0.671. The van der Waals surface area contributed by atoms with Gasteiger partial charge in [-0.2, -0.15) is 13.2 Å². The van der Waals surface area contributed by atoms with Gasteiger partial charge in [-0.25, -0.2) is 0 Å². The van der Waals surface area contributed by atoms with Crippen molar-refractivity contribution in [1.29, 1.82) is 0 Å². The summed E-state index contributed by atoms with van der Waals surface area (Å²) in [5.41, 5.74) is 3.42. The van der Waals surface area contributed by atoms with Crippen LogP contribution in [0.4, 0.5) is 13.2 Å². The minimum absolute atomic E-state index is 0. The van der Waals surface area contributed by atoms with Crippen LogP contribution in [0.5, 0.6) is 28.7 Å². The van der Waals surface area contributed by atoms with Crippen LogP contribution in [0.15, 0.2) is 36.4 Å². The number of phenolic OH excluding ortho intramolecular Hbond substituents is 2. The fraction of sp³-hybridized carbons (Fsp3) is 0.400. The molecular formula is C35H36AcF3N3O7. The summed E-state index contributed by atoms with van der Waals surface area (Å²) in [6.07, 6.45) is -2.36. The number of likely N-dealkylation sites (N-methyl/N-ethyl adjacent to an activating group) is 1. The number of carbonyl (C=O) groups is 1. The normalized spacial score (nSPS) is 24.1. The van der Waals surface area contributed by atoms with Crippen molar-refractivity contribution >= 4 is 12.0 Å². The van der Waals surface area contributed by atoms with E-state index in [2.05, 4.69) is 10.2 Å². The van der Waals surface area contributed by atoms with Crippen molar-refractivity contribution in [3.05, 3.63) is 80.9 Å². The Labute approximate surface area is 317 Å². The largest absolute Gasteiger partial charge is 0.507 e. The molecule has 49 heavy (non-hydrogen) atoms. The quantitative estimate of drug-likeness (QED) is 0.275. The Morgan fingerprint density at radius 2 is 1.82 bits per heavy atom. The molecule has 0 aromatic heterocycles. The number of hydrogen-bond donors (Lipinski definition) is 4. The van der Waals surface area contributed by atoms with Crippen molar-refractivity contribution in [2.45, 2.75) is 63.3 Å². The molecule has 14 heteroatoms. The average molecular weight is 895 g/mol. The van der Waals surface area contributed by atoms with E-state index < -0.39 is 42.0 Å². The fourth-order valence-electron chi connectivity index (χ4n) is 8.10. The van der Waals surface area contributed by atoms with E-state index in [1.165, 1.54) is 25.3 Å². The number of halogens is 3. The van der Waals surface area contributed by atoms with E-state index >= 15 is 0 Å². The van der Waals surface area contributed by atoms with Gasteiger partial charge in [0.25, 0.3) is 0 Å². The number of aryl methyl sites for hydroxylation is 1. The molecule has 1 unspecified atom stereocenters. The van der Waals surface area contributed by atoms with Gasteiger partial charge in [-0.3, -0.25) is 14.6 Å². The van der Waals surface area contributed by atoms with Crippen molar-refractivity contribution in [2.75, 3.05) is 27.5 Å². The molecule has 0 aliphatic carbocycles. The number of nitrogens with one attached hydrogen (secondary N) is 1. The number of rotatable bonds is 5. The number of aromatic hydroxyl groups is 2. The molecule has 5 atom stereocenters. The Bertz CT molecular complexity index is 1850. The average Bonchev–Trinajstić information content (AvgIpc) is 3.54. The first-order valence-corrected chi connectivity index (χ1v) is 15.7. The second-order valence-electron chi connectivity index (χ2n) is 12.8.